The van der Waals surface area contributed by atoms with Crippen LogP contribution >= 0.6 is 11.8 Å². The number of thioether (sulfide) groups is 1. The number of anilines is 1. The first kappa shape index (κ1) is 25.7. The Hall–Kier alpha value is -4.56. The summed E-state index contributed by atoms with van der Waals surface area (Å²) in [7, 11) is 1.57. The number of rotatable bonds is 7. The van der Waals surface area contributed by atoms with Crippen LogP contribution in [0.15, 0.2) is 99.3 Å². The molecule has 0 bridgehead atoms. The fourth-order valence-electron chi connectivity index (χ4n) is 4.94. The highest BCUT2D eigenvalue weighted by Crippen LogP contribution is 2.36. The largest absolute Gasteiger partial charge is 0.495 e. The molecule has 4 aromatic carbocycles. The molecular formula is C32H27N3O4S. The summed E-state index contributed by atoms with van der Waals surface area (Å²) < 4.78 is 13.2. The van der Waals surface area contributed by atoms with Crippen LogP contribution in [0.3, 0.4) is 0 Å². The molecule has 2 heterocycles. The molecule has 7 nitrogen and oxygen atoms in total. The maximum absolute atomic E-state index is 13.7. The summed E-state index contributed by atoms with van der Waals surface area (Å²) in [6, 6.07) is 26.5. The van der Waals surface area contributed by atoms with Gasteiger partial charge < -0.3 is 14.5 Å². The number of carbonyl (C=O) groups is 1. The molecule has 0 spiro atoms. The minimum absolute atomic E-state index is 0.0376. The van der Waals surface area contributed by atoms with Crippen LogP contribution in [0.5, 0.6) is 5.75 Å². The molecular weight excluding hydrogens is 522 g/mol. The third kappa shape index (κ3) is 4.60. The molecule has 0 radical (unpaired) electrons. The van der Waals surface area contributed by atoms with Crippen LogP contribution in [0.4, 0.5) is 5.69 Å². The molecule has 0 aliphatic rings. The van der Waals surface area contributed by atoms with Crippen molar-refractivity contribution in [3.63, 3.8) is 0 Å². The second kappa shape index (κ2) is 10.5. The van der Waals surface area contributed by atoms with Crippen LogP contribution in [0.2, 0.25) is 0 Å². The number of fused-ring (bicyclic) bond motifs is 4. The number of nitrogens with zero attached hydrogens (tertiary/aromatic N) is 2. The Kier molecular flexibility index (Phi) is 6.77. The lowest BCUT2D eigenvalue weighted by atomic mass is 10.0. The van der Waals surface area contributed by atoms with Gasteiger partial charge in [-0.1, -0.05) is 74.1 Å². The molecule has 8 heteroatoms. The van der Waals surface area contributed by atoms with E-state index in [0.29, 0.717) is 33.1 Å². The molecule has 40 heavy (non-hydrogen) atoms. The van der Waals surface area contributed by atoms with E-state index < -0.39 is 0 Å². The lowest BCUT2D eigenvalue weighted by Gasteiger charge is -2.18. The van der Waals surface area contributed by atoms with Crippen LogP contribution in [-0.4, -0.2) is 28.3 Å². The Morgan fingerprint density at radius 1 is 0.950 bits per heavy atom. The minimum atomic E-state index is -0.259. The molecule has 0 aliphatic carbocycles. The van der Waals surface area contributed by atoms with E-state index in [1.165, 1.54) is 11.8 Å². The third-order valence-corrected chi connectivity index (χ3v) is 7.79. The molecule has 0 aliphatic heterocycles. The number of benzene rings is 4. The molecule has 200 valence electrons. The molecule has 6 rings (SSSR count). The molecule has 0 saturated carbocycles. The number of aromatic nitrogens is 2. The van der Waals surface area contributed by atoms with Crippen LogP contribution in [0.25, 0.3) is 38.5 Å². The number of hydrogen-bond donors (Lipinski definition) is 1. The van der Waals surface area contributed by atoms with Gasteiger partial charge in [0.25, 0.3) is 5.56 Å². The zero-order valence-corrected chi connectivity index (χ0v) is 23.1. The molecule has 0 saturated heterocycles. The number of para-hydroxylation sites is 3. The van der Waals surface area contributed by atoms with E-state index in [1.807, 2.05) is 72.8 Å². The first-order valence-corrected chi connectivity index (χ1v) is 14.0. The van der Waals surface area contributed by atoms with E-state index in [2.05, 4.69) is 19.2 Å². The summed E-state index contributed by atoms with van der Waals surface area (Å²) in [4.78, 5) is 31.7. The summed E-state index contributed by atoms with van der Waals surface area (Å²) in [6.45, 7) is 4.18. The smallest absolute Gasteiger partial charge is 0.266 e. The van der Waals surface area contributed by atoms with E-state index in [4.69, 9.17) is 14.1 Å². The molecule has 0 atom stereocenters. The Morgan fingerprint density at radius 3 is 2.48 bits per heavy atom. The van der Waals surface area contributed by atoms with Crippen molar-refractivity contribution in [3.05, 3.63) is 101 Å². The number of hydrogen-bond acceptors (Lipinski definition) is 6. The molecule has 0 unspecified atom stereocenters. The van der Waals surface area contributed by atoms with Crippen molar-refractivity contribution >= 4 is 56.2 Å². The van der Waals surface area contributed by atoms with Crippen molar-refractivity contribution in [2.45, 2.75) is 24.9 Å². The normalized spacial score (nSPS) is 11.5. The summed E-state index contributed by atoms with van der Waals surface area (Å²) in [5, 5.41) is 5.81. The van der Waals surface area contributed by atoms with Gasteiger partial charge >= 0.3 is 0 Å². The SMILES string of the molecule is COc1cc2c(cc1NC(=O)CSc1nc3ccccc3c(=O)n1-c1ccccc1C(C)C)oc1ccccc12. The Morgan fingerprint density at radius 2 is 1.68 bits per heavy atom. The van der Waals surface area contributed by atoms with Crippen LogP contribution in [0.1, 0.15) is 25.3 Å². The van der Waals surface area contributed by atoms with E-state index in [9.17, 15) is 9.59 Å². The first-order chi connectivity index (χ1) is 19.4. The van der Waals surface area contributed by atoms with Crippen molar-refractivity contribution in [2.24, 2.45) is 0 Å². The molecule has 0 fully saturated rings. The van der Waals surface area contributed by atoms with E-state index >= 15 is 0 Å². The predicted octanol–water partition coefficient (Wildman–Crippen LogP) is 7.15. The summed E-state index contributed by atoms with van der Waals surface area (Å²) in [5.74, 6) is 0.501. The number of methoxy groups -OCH3 is 1. The quantitative estimate of drug-likeness (QED) is 0.168. The zero-order chi connectivity index (χ0) is 27.8. The van der Waals surface area contributed by atoms with Gasteiger partial charge in [0.15, 0.2) is 5.16 Å². The van der Waals surface area contributed by atoms with E-state index in [-0.39, 0.29) is 23.1 Å². The van der Waals surface area contributed by atoms with Crippen LogP contribution in [0, 0.1) is 0 Å². The summed E-state index contributed by atoms with van der Waals surface area (Å²) >= 11 is 1.22. The number of ether oxygens (including phenoxy) is 1. The average Bonchev–Trinajstić information content (AvgIpc) is 3.33. The van der Waals surface area contributed by atoms with Gasteiger partial charge in [0.2, 0.25) is 5.91 Å². The highest BCUT2D eigenvalue weighted by molar-refractivity contribution is 7.99. The lowest BCUT2D eigenvalue weighted by molar-refractivity contribution is -0.113. The van der Waals surface area contributed by atoms with Crippen LogP contribution in [-0.2, 0) is 4.79 Å². The second-order valence-electron chi connectivity index (χ2n) is 9.75. The zero-order valence-electron chi connectivity index (χ0n) is 22.3. The van der Waals surface area contributed by atoms with Gasteiger partial charge in [0.1, 0.15) is 16.9 Å². The number of amides is 1. The van der Waals surface area contributed by atoms with Gasteiger partial charge in [-0.15, -0.1) is 0 Å². The second-order valence-corrected chi connectivity index (χ2v) is 10.7. The standard InChI is InChI=1S/C32H27N3O4S/c1-19(2)20-10-5-8-14-26(20)35-31(37)22-12-4-7-13-24(22)34-32(35)40-18-30(36)33-25-17-28-23(16-29(25)38-3)21-11-6-9-15-27(21)39-28/h4-17,19H,18H2,1-3H3,(H,33,36). The maximum atomic E-state index is 13.7. The van der Waals surface area contributed by atoms with Crippen molar-refractivity contribution in [3.8, 4) is 11.4 Å². The Bertz CT molecular complexity index is 1960. The maximum Gasteiger partial charge on any atom is 0.266 e. The Labute approximate surface area is 234 Å². The van der Waals surface area contributed by atoms with Crippen molar-refractivity contribution in [1.29, 1.82) is 0 Å². The van der Waals surface area contributed by atoms with E-state index in [0.717, 1.165) is 27.6 Å². The molecule has 2 aromatic heterocycles. The molecule has 1 N–H and O–H groups in total. The van der Waals surface area contributed by atoms with Gasteiger partial charge in [-0.2, -0.15) is 0 Å². The average molecular weight is 550 g/mol. The van der Waals surface area contributed by atoms with Gasteiger partial charge in [0.05, 0.1) is 35.1 Å². The van der Waals surface area contributed by atoms with Gasteiger partial charge in [0, 0.05) is 16.8 Å². The van der Waals surface area contributed by atoms with Gasteiger partial charge in [-0.3, -0.25) is 14.2 Å². The Balaban J connectivity index is 1.34. The topological polar surface area (TPSA) is 86.4 Å². The molecule has 1 amide bonds. The number of carbonyl (C=O) groups excluding carboxylic acids is 1. The lowest BCUT2D eigenvalue weighted by Crippen LogP contribution is -2.24. The fourth-order valence-corrected chi connectivity index (χ4v) is 5.74. The van der Waals surface area contributed by atoms with Crippen LogP contribution < -0.4 is 15.6 Å². The van der Waals surface area contributed by atoms with Gasteiger partial charge in [-0.05, 0) is 41.8 Å². The summed E-state index contributed by atoms with van der Waals surface area (Å²) in [6.07, 6.45) is 0. The number of furan rings is 1. The van der Waals surface area contributed by atoms with Gasteiger partial charge in [-0.25, -0.2) is 4.98 Å². The van der Waals surface area contributed by atoms with E-state index in [1.54, 1.807) is 23.8 Å². The minimum Gasteiger partial charge on any atom is -0.495 e. The highest BCUT2D eigenvalue weighted by Gasteiger charge is 2.19. The molecule has 6 aromatic rings. The third-order valence-electron chi connectivity index (χ3n) is 6.85. The summed E-state index contributed by atoms with van der Waals surface area (Å²) in [5.41, 5.74) is 4.14. The predicted molar refractivity (Wildman–Crippen MR) is 161 cm³/mol. The number of nitrogens with one attached hydrogen (secondary N) is 1. The first-order valence-electron chi connectivity index (χ1n) is 13.0. The van der Waals surface area contributed by atoms with Crippen molar-refractivity contribution < 1.29 is 13.9 Å². The monoisotopic (exact) mass is 549 g/mol. The highest BCUT2D eigenvalue weighted by atomic mass is 32.2. The fraction of sp³-hybridized carbons (Fsp3) is 0.156. The van der Waals surface area contributed by atoms with Crippen molar-refractivity contribution in [1.82, 2.24) is 9.55 Å². The van der Waals surface area contributed by atoms with Crippen molar-refractivity contribution in [2.75, 3.05) is 18.2 Å².